The summed E-state index contributed by atoms with van der Waals surface area (Å²) in [5.74, 6) is 0.158. The van der Waals surface area contributed by atoms with Crippen molar-refractivity contribution in [2.45, 2.75) is 43.1 Å². The van der Waals surface area contributed by atoms with E-state index in [1.807, 2.05) is 0 Å². The molecule has 0 saturated carbocycles. The van der Waals surface area contributed by atoms with Crippen LogP contribution in [0.3, 0.4) is 0 Å². The Morgan fingerprint density at radius 2 is 1.87 bits per heavy atom. The summed E-state index contributed by atoms with van der Waals surface area (Å²) in [4.78, 5) is 5.46. The van der Waals surface area contributed by atoms with E-state index in [9.17, 15) is 22.5 Å². The Hall–Kier alpha value is -2.70. The normalized spacial score (nSPS) is 18.5. The molecule has 2 atom stereocenters. The van der Waals surface area contributed by atoms with Crippen LogP contribution in [0.1, 0.15) is 25.5 Å². The number of aliphatic imine (C=N–C) groups is 1. The molecule has 0 aliphatic carbocycles. The number of rotatable bonds is 5. The van der Waals surface area contributed by atoms with Gasteiger partial charge in [0.1, 0.15) is 0 Å². The van der Waals surface area contributed by atoms with Crippen molar-refractivity contribution in [2.24, 2.45) is 4.99 Å². The number of benzene rings is 1. The maximum Gasteiger partial charge on any atom is 0.416 e. The van der Waals surface area contributed by atoms with Crippen LogP contribution in [0.4, 0.5) is 18.9 Å². The van der Waals surface area contributed by atoms with E-state index < -0.39 is 34.5 Å². The second-order valence-corrected chi connectivity index (χ2v) is 8.70. The van der Waals surface area contributed by atoms with Crippen molar-refractivity contribution >= 4 is 22.7 Å². The molecule has 0 fully saturated rings. The van der Waals surface area contributed by atoms with Crippen molar-refractivity contribution in [3.63, 3.8) is 0 Å². The summed E-state index contributed by atoms with van der Waals surface area (Å²) in [6.07, 6.45) is -1.04. The molecule has 2 unspecified atom stereocenters. The molecule has 12 heteroatoms. The van der Waals surface area contributed by atoms with Crippen molar-refractivity contribution in [3.8, 4) is 0 Å². The Balaban J connectivity index is 1.91. The lowest BCUT2D eigenvalue weighted by Crippen LogP contribution is -2.41. The lowest BCUT2D eigenvalue weighted by Gasteiger charge is -2.35. The van der Waals surface area contributed by atoms with Crippen LogP contribution in [0.25, 0.3) is 0 Å². The van der Waals surface area contributed by atoms with Gasteiger partial charge in [0.15, 0.2) is 11.1 Å². The molecule has 0 bridgehead atoms. The van der Waals surface area contributed by atoms with Gasteiger partial charge in [-0.25, -0.2) is 9.20 Å². The fourth-order valence-electron chi connectivity index (χ4n) is 3.16. The molecular weight excluding hydrogens is 435 g/mol. The van der Waals surface area contributed by atoms with Gasteiger partial charge in [0.25, 0.3) is 0 Å². The summed E-state index contributed by atoms with van der Waals surface area (Å²) in [6.45, 7) is 3.27. The van der Waals surface area contributed by atoms with Crippen LogP contribution in [-0.2, 0) is 17.6 Å². The smallest absolute Gasteiger partial charge is 0.389 e. The highest BCUT2D eigenvalue weighted by atomic mass is 32.2. The van der Waals surface area contributed by atoms with Gasteiger partial charge in [-0.2, -0.15) is 18.3 Å². The zero-order valence-corrected chi connectivity index (χ0v) is 17.8. The molecule has 2 aromatic rings. The fraction of sp³-hybridized carbons (Fsp3) is 0.368. The summed E-state index contributed by atoms with van der Waals surface area (Å²) in [6, 6.07) is 4.70. The number of hydrogen-bond donors (Lipinski definition) is 3. The zero-order chi connectivity index (χ0) is 23.0. The standard InChI is InChI=1S/C19H22F3N5O3S/c1-18(2,28)11-27-10-12(8-24-27)16-15(19(20,21)22)9-23-17(26(16)3)25-13-4-6-14(7-5-13)31(29)30/h4-10,16,28H,11H2,1-3H3,(H,23,25)(H,29,30). The Morgan fingerprint density at radius 1 is 1.23 bits per heavy atom. The number of likely N-dealkylation sites (N-methyl/N-ethyl adjacent to an activating group) is 1. The average molecular weight is 457 g/mol. The van der Waals surface area contributed by atoms with E-state index in [4.69, 9.17) is 4.55 Å². The fourth-order valence-corrected chi connectivity index (χ4v) is 3.53. The van der Waals surface area contributed by atoms with Gasteiger partial charge >= 0.3 is 6.18 Å². The molecule has 0 saturated heterocycles. The van der Waals surface area contributed by atoms with E-state index in [-0.39, 0.29) is 23.0 Å². The number of hydrogen-bond acceptors (Lipinski definition) is 6. The van der Waals surface area contributed by atoms with E-state index in [0.29, 0.717) is 5.69 Å². The highest BCUT2D eigenvalue weighted by Gasteiger charge is 2.44. The first kappa shape index (κ1) is 23.0. The molecule has 0 amide bonds. The maximum atomic E-state index is 13.7. The summed E-state index contributed by atoms with van der Waals surface area (Å²) >= 11 is -2.13. The van der Waals surface area contributed by atoms with Crippen molar-refractivity contribution < 1.29 is 27.0 Å². The van der Waals surface area contributed by atoms with Crippen LogP contribution in [0.15, 0.2) is 58.3 Å². The van der Waals surface area contributed by atoms with Crippen molar-refractivity contribution in [3.05, 3.63) is 54.0 Å². The van der Waals surface area contributed by atoms with Crippen molar-refractivity contribution in [1.82, 2.24) is 14.7 Å². The van der Waals surface area contributed by atoms with Gasteiger partial charge in [-0.15, -0.1) is 0 Å². The number of aromatic nitrogens is 2. The lowest BCUT2D eigenvalue weighted by molar-refractivity contribution is -0.0999. The summed E-state index contributed by atoms with van der Waals surface area (Å²) in [5.41, 5.74) is -1.16. The van der Waals surface area contributed by atoms with Crippen molar-refractivity contribution in [2.75, 3.05) is 12.4 Å². The predicted molar refractivity (Wildman–Crippen MR) is 110 cm³/mol. The van der Waals surface area contributed by atoms with Crippen LogP contribution in [-0.4, -0.2) is 53.3 Å². The largest absolute Gasteiger partial charge is 0.416 e. The van der Waals surface area contributed by atoms with Crippen LogP contribution >= 0.6 is 0 Å². The van der Waals surface area contributed by atoms with Gasteiger partial charge in [-0.05, 0) is 38.1 Å². The molecule has 3 rings (SSSR count). The quantitative estimate of drug-likeness (QED) is 0.596. The number of guanidine groups is 1. The molecule has 168 valence electrons. The minimum Gasteiger partial charge on any atom is -0.389 e. The average Bonchev–Trinajstić information content (AvgIpc) is 3.08. The van der Waals surface area contributed by atoms with E-state index in [0.717, 1.165) is 6.20 Å². The number of halogens is 3. The molecule has 1 aromatic carbocycles. The molecule has 1 aliphatic rings. The molecule has 1 aliphatic heterocycles. The number of nitrogens with one attached hydrogen (secondary N) is 1. The Bertz CT molecular complexity index is 1030. The molecule has 2 heterocycles. The van der Waals surface area contributed by atoms with Gasteiger partial charge in [0.2, 0.25) is 5.96 Å². The second-order valence-electron chi connectivity index (χ2n) is 7.73. The zero-order valence-electron chi connectivity index (χ0n) is 17.0. The minimum absolute atomic E-state index is 0.117. The Morgan fingerprint density at radius 3 is 2.42 bits per heavy atom. The van der Waals surface area contributed by atoms with E-state index in [1.54, 1.807) is 13.8 Å². The molecule has 0 spiro atoms. The first-order chi connectivity index (χ1) is 14.3. The van der Waals surface area contributed by atoms with E-state index >= 15 is 0 Å². The Kier molecular flexibility index (Phi) is 6.25. The number of alkyl halides is 3. The van der Waals surface area contributed by atoms with Gasteiger partial charge in [-0.1, -0.05) is 0 Å². The molecule has 8 nitrogen and oxygen atoms in total. The maximum absolute atomic E-state index is 13.7. The summed E-state index contributed by atoms with van der Waals surface area (Å²) in [7, 11) is 1.47. The minimum atomic E-state index is -4.61. The van der Waals surface area contributed by atoms with Crippen molar-refractivity contribution in [1.29, 1.82) is 0 Å². The highest BCUT2D eigenvalue weighted by molar-refractivity contribution is 7.79. The topological polar surface area (TPSA) is 103 Å². The first-order valence-electron chi connectivity index (χ1n) is 9.16. The third-order valence-electron chi connectivity index (χ3n) is 4.50. The molecule has 3 N–H and O–H groups in total. The molecular formula is C19H22F3N5O3S. The van der Waals surface area contributed by atoms with Gasteiger partial charge in [0.05, 0.1) is 34.9 Å². The summed E-state index contributed by atoms with van der Waals surface area (Å²) < 4.78 is 62.7. The third-order valence-corrected chi connectivity index (χ3v) is 5.17. The second kappa shape index (κ2) is 8.44. The van der Waals surface area contributed by atoms with E-state index in [1.165, 1.54) is 53.3 Å². The lowest BCUT2D eigenvalue weighted by atomic mass is 9.99. The van der Waals surface area contributed by atoms with Crippen LogP contribution in [0.2, 0.25) is 0 Å². The van der Waals surface area contributed by atoms with Crippen LogP contribution in [0.5, 0.6) is 0 Å². The van der Waals surface area contributed by atoms with E-state index in [2.05, 4.69) is 15.4 Å². The third kappa shape index (κ3) is 5.51. The SMILES string of the molecule is CN1C(Nc2ccc(S(=O)O)cc2)=NC=C(C(F)(F)F)C1c1cnn(CC(C)(C)O)c1. The highest BCUT2D eigenvalue weighted by Crippen LogP contribution is 2.40. The molecule has 31 heavy (non-hydrogen) atoms. The van der Waals surface area contributed by atoms with Gasteiger partial charge < -0.3 is 19.9 Å². The Labute approximate surface area is 179 Å². The number of anilines is 1. The monoisotopic (exact) mass is 457 g/mol. The van der Waals surface area contributed by atoms with Gasteiger partial charge in [0, 0.05) is 30.7 Å². The van der Waals surface area contributed by atoms with Crippen LogP contribution in [0, 0.1) is 0 Å². The van der Waals surface area contributed by atoms with Crippen LogP contribution < -0.4 is 5.32 Å². The summed E-state index contributed by atoms with van der Waals surface area (Å²) in [5, 5.41) is 17.0. The first-order valence-corrected chi connectivity index (χ1v) is 10.3. The number of aliphatic hydroxyl groups is 1. The molecule has 1 aromatic heterocycles. The predicted octanol–water partition coefficient (Wildman–Crippen LogP) is 3.14. The molecule has 0 radical (unpaired) electrons. The number of nitrogens with zero attached hydrogens (tertiary/aromatic N) is 4. The van der Waals surface area contributed by atoms with Gasteiger partial charge in [-0.3, -0.25) is 4.68 Å².